The molecule has 1 aliphatic rings. The van der Waals surface area contributed by atoms with Crippen molar-refractivity contribution in [3.05, 3.63) is 35.4 Å². The van der Waals surface area contributed by atoms with Gasteiger partial charge in [-0.15, -0.1) is 0 Å². The molecular weight excluding hydrogens is 246 g/mol. The maximum Gasteiger partial charge on any atom is 0.0594 e. The predicted octanol–water partition coefficient (Wildman–Crippen LogP) is 3.55. The summed E-state index contributed by atoms with van der Waals surface area (Å²) >= 11 is 0. The SMILES string of the molecule is CC(C)(O)CCc1ccc(C2(CN)CCCCC2)cc1. The Balaban J connectivity index is 2.07. The molecule has 0 spiro atoms. The molecular formula is C18H29NO. The highest BCUT2D eigenvalue weighted by atomic mass is 16.3. The monoisotopic (exact) mass is 275 g/mol. The van der Waals surface area contributed by atoms with Gasteiger partial charge in [-0.3, -0.25) is 0 Å². The second-order valence-electron chi connectivity index (χ2n) is 7.05. The van der Waals surface area contributed by atoms with Crippen molar-refractivity contribution < 1.29 is 5.11 Å². The third kappa shape index (κ3) is 3.83. The van der Waals surface area contributed by atoms with E-state index in [0.29, 0.717) is 0 Å². The first kappa shape index (κ1) is 15.5. The van der Waals surface area contributed by atoms with Crippen LogP contribution in [-0.2, 0) is 11.8 Å². The van der Waals surface area contributed by atoms with E-state index in [2.05, 4.69) is 24.3 Å². The van der Waals surface area contributed by atoms with Crippen LogP contribution in [0.1, 0.15) is 63.5 Å². The summed E-state index contributed by atoms with van der Waals surface area (Å²) < 4.78 is 0. The Morgan fingerprint density at radius 3 is 2.20 bits per heavy atom. The molecule has 1 saturated carbocycles. The van der Waals surface area contributed by atoms with Gasteiger partial charge in [0.05, 0.1) is 5.60 Å². The Morgan fingerprint density at radius 1 is 1.10 bits per heavy atom. The van der Waals surface area contributed by atoms with Crippen molar-refractivity contribution in [1.82, 2.24) is 0 Å². The molecule has 0 unspecified atom stereocenters. The van der Waals surface area contributed by atoms with Crippen LogP contribution in [0.15, 0.2) is 24.3 Å². The topological polar surface area (TPSA) is 46.2 Å². The van der Waals surface area contributed by atoms with Crippen molar-refractivity contribution in [3.8, 4) is 0 Å². The quantitative estimate of drug-likeness (QED) is 0.863. The van der Waals surface area contributed by atoms with E-state index in [1.54, 1.807) is 0 Å². The van der Waals surface area contributed by atoms with Crippen molar-refractivity contribution in [2.45, 2.75) is 69.8 Å². The lowest BCUT2D eigenvalue weighted by Gasteiger charge is -2.37. The molecule has 0 amide bonds. The van der Waals surface area contributed by atoms with Crippen molar-refractivity contribution >= 4 is 0 Å². The molecule has 0 atom stereocenters. The van der Waals surface area contributed by atoms with Crippen LogP contribution in [-0.4, -0.2) is 17.3 Å². The minimum absolute atomic E-state index is 0.215. The Bertz CT molecular complexity index is 410. The number of aryl methyl sites for hydroxylation is 1. The number of nitrogens with two attached hydrogens (primary N) is 1. The minimum atomic E-state index is -0.583. The normalized spacial score (nSPS) is 19.0. The summed E-state index contributed by atoms with van der Waals surface area (Å²) in [6.45, 7) is 4.50. The number of hydrogen-bond donors (Lipinski definition) is 2. The van der Waals surface area contributed by atoms with Crippen LogP contribution < -0.4 is 5.73 Å². The summed E-state index contributed by atoms with van der Waals surface area (Å²) in [6, 6.07) is 8.95. The standard InChI is InChI=1S/C18H29NO/c1-17(2,20)13-10-15-6-8-16(9-7-15)18(14-19)11-4-3-5-12-18/h6-9,20H,3-5,10-14,19H2,1-2H3. The Morgan fingerprint density at radius 2 is 1.70 bits per heavy atom. The lowest BCUT2D eigenvalue weighted by molar-refractivity contribution is 0.0714. The van der Waals surface area contributed by atoms with Gasteiger partial charge in [-0.2, -0.15) is 0 Å². The van der Waals surface area contributed by atoms with Gasteiger partial charge in [-0.25, -0.2) is 0 Å². The predicted molar refractivity (Wildman–Crippen MR) is 84.9 cm³/mol. The van der Waals surface area contributed by atoms with Crippen LogP contribution in [0.2, 0.25) is 0 Å². The molecule has 0 radical (unpaired) electrons. The fraction of sp³-hybridized carbons (Fsp3) is 0.667. The Labute approximate surface area is 123 Å². The lowest BCUT2D eigenvalue weighted by atomic mass is 9.69. The first-order chi connectivity index (χ1) is 9.45. The van der Waals surface area contributed by atoms with Gasteiger partial charge in [-0.05, 0) is 50.7 Å². The smallest absolute Gasteiger partial charge is 0.0594 e. The van der Waals surface area contributed by atoms with E-state index in [-0.39, 0.29) is 5.41 Å². The molecule has 0 saturated heterocycles. The van der Waals surface area contributed by atoms with E-state index in [9.17, 15) is 5.11 Å². The van der Waals surface area contributed by atoms with Gasteiger partial charge in [0.15, 0.2) is 0 Å². The summed E-state index contributed by atoms with van der Waals surface area (Å²) in [5.41, 5.74) is 8.44. The van der Waals surface area contributed by atoms with Gasteiger partial charge in [0.1, 0.15) is 0 Å². The molecule has 1 fully saturated rings. The number of aliphatic hydroxyl groups is 1. The van der Waals surface area contributed by atoms with Gasteiger partial charge in [0.25, 0.3) is 0 Å². The zero-order valence-corrected chi connectivity index (χ0v) is 13.0. The fourth-order valence-electron chi connectivity index (χ4n) is 3.31. The van der Waals surface area contributed by atoms with Crippen LogP contribution in [0.5, 0.6) is 0 Å². The van der Waals surface area contributed by atoms with Crippen molar-refractivity contribution in [1.29, 1.82) is 0 Å². The molecule has 112 valence electrons. The summed E-state index contributed by atoms with van der Waals surface area (Å²) in [5, 5.41) is 9.80. The van der Waals surface area contributed by atoms with Crippen molar-refractivity contribution in [2.75, 3.05) is 6.54 Å². The molecule has 3 N–H and O–H groups in total. The number of rotatable bonds is 5. The molecule has 2 nitrogen and oxygen atoms in total. The van der Waals surface area contributed by atoms with Crippen LogP contribution in [0.4, 0.5) is 0 Å². The molecule has 2 rings (SSSR count). The fourth-order valence-corrected chi connectivity index (χ4v) is 3.31. The zero-order valence-electron chi connectivity index (χ0n) is 13.0. The third-order valence-corrected chi connectivity index (χ3v) is 4.79. The van der Waals surface area contributed by atoms with E-state index in [0.717, 1.165) is 19.4 Å². The van der Waals surface area contributed by atoms with E-state index >= 15 is 0 Å². The molecule has 0 aromatic heterocycles. The summed E-state index contributed by atoms with van der Waals surface area (Å²) in [6.07, 6.45) is 8.15. The Hall–Kier alpha value is -0.860. The second-order valence-corrected chi connectivity index (χ2v) is 7.05. The second kappa shape index (κ2) is 6.28. The highest BCUT2D eigenvalue weighted by Gasteiger charge is 2.32. The van der Waals surface area contributed by atoms with Crippen LogP contribution in [0.25, 0.3) is 0 Å². The molecule has 20 heavy (non-hydrogen) atoms. The van der Waals surface area contributed by atoms with Gasteiger partial charge in [0, 0.05) is 12.0 Å². The highest BCUT2D eigenvalue weighted by Crippen LogP contribution is 2.38. The van der Waals surface area contributed by atoms with E-state index in [4.69, 9.17) is 5.73 Å². The third-order valence-electron chi connectivity index (χ3n) is 4.79. The van der Waals surface area contributed by atoms with Gasteiger partial charge >= 0.3 is 0 Å². The lowest BCUT2D eigenvalue weighted by Crippen LogP contribution is -2.37. The molecule has 0 heterocycles. The number of benzene rings is 1. The largest absolute Gasteiger partial charge is 0.390 e. The summed E-state index contributed by atoms with van der Waals surface area (Å²) in [7, 11) is 0. The van der Waals surface area contributed by atoms with Crippen LogP contribution in [0.3, 0.4) is 0 Å². The zero-order chi connectivity index (χ0) is 14.6. The minimum Gasteiger partial charge on any atom is -0.390 e. The maximum absolute atomic E-state index is 9.80. The van der Waals surface area contributed by atoms with Gasteiger partial charge in [-0.1, -0.05) is 43.5 Å². The molecule has 1 aromatic carbocycles. The summed E-state index contributed by atoms with van der Waals surface area (Å²) in [4.78, 5) is 0. The first-order valence-corrected chi connectivity index (χ1v) is 7.97. The number of hydrogen-bond acceptors (Lipinski definition) is 2. The van der Waals surface area contributed by atoms with E-state index in [1.807, 2.05) is 13.8 Å². The molecule has 1 aromatic rings. The van der Waals surface area contributed by atoms with Crippen molar-refractivity contribution in [2.24, 2.45) is 5.73 Å². The average molecular weight is 275 g/mol. The molecule has 0 aliphatic heterocycles. The van der Waals surface area contributed by atoms with Gasteiger partial charge in [0.2, 0.25) is 0 Å². The summed E-state index contributed by atoms with van der Waals surface area (Å²) in [5.74, 6) is 0. The average Bonchev–Trinajstić information content (AvgIpc) is 2.46. The van der Waals surface area contributed by atoms with Gasteiger partial charge < -0.3 is 10.8 Å². The van der Waals surface area contributed by atoms with E-state index in [1.165, 1.54) is 43.2 Å². The molecule has 2 heteroatoms. The van der Waals surface area contributed by atoms with Crippen molar-refractivity contribution in [3.63, 3.8) is 0 Å². The van der Waals surface area contributed by atoms with Crippen LogP contribution in [0, 0.1) is 0 Å². The Kier molecular flexibility index (Phi) is 4.87. The maximum atomic E-state index is 9.80. The molecule has 0 bridgehead atoms. The van der Waals surface area contributed by atoms with Crippen LogP contribution >= 0.6 is 0 Å². The molecule has 1 aliphatic carbocycles. The van der Waals surface area contributed by atoms with E-state index < -0.39 is 5.60 Å². The first-order valence-electron chi connectivity index (χ1n) is 7.97. The highest BCUT2D eigenvalue weighted by molar-refractivity contribution is 5.30.